The Bertz CT molecular complexity index is 1410. The zero-order valence-corrected chi connectivity index (χ0v) is 28.9. The molecule has 0 aromatic heterocycles. The third-order valence-corrected chi connectivity index (χ3v) is 8.94. The van der Waals surface area contributed by atoms with Crippen molar-refractivity contribution in [2.24, 2.45) is 11.8 Å². The highest BCUT2D eigenvalue weighted by Gasteiger charge is 2.47. The van der Waals surface area contributed by atoms with Crippen molar-refractivity contribution in [3.05, 3.63) is 71.8 Å². The van der Waals surface area contributed by atoms with Crippen LogP contribution in [0, 0.1) is 11.8 Å². The second-order valence-electron chi connectivity index (χ2n) is 13.6. The van der Waals surface area contributed by atoms with Crippen molar-refractivity contribution >= 4 is 29.8 Å². The minimum atomic E-state index is -1.61. The molecule has 2 saturated heterocycles. The van der Waals surface area contributed by atoms with Crippen LogP contribution in [0.3, 0.4) is 0 Å². The molecule has 5 atom stereocenters. The molecule has 266 valence electrons. The normalized spacial score (nSPS) is 19.3. The number of benzene rings is 2. The molecule has 2 aliphatic rings. The summed E-state index contributed by atoms with van der Waals surface area (Å²) in [5, 5.41) is 17.1. The summed E-state index contributed by atoms with van der Waals surface area (Å²) < 4.78 is 11.1. The summed E-state index contributed by atoms with van der Waals surface area (Å²) in [7, 11) is 0. The van der Waals surface area contributed by atoms with E-state index in [0.717, 1.165) is 22.4 Å². The highest BCUT2D eigenvalue weighted by Crippen LogP contribution is 2.26. The van der Waals surface area contributed by atoms with E-state index >= 15 is 0 Å². The molecule has 2 aliphatic heterocycles. The van der Waals surface area contributed by atoms with Gasteiger partial charge in [-0.05, 0) is 61.6 Å². The molecule has 0 saturated carbocycles. The molecule has 4 rings (SSSR count). The fourth-order valence-electron chi connectivity index (χ4n) is 6.26. The number of ether oxygens (including phenoxy) is 2. The summed E-state index contributed by atoms with van der Waals surface area (Å²) in [4.78, 5) is 71.5. The number of carbonyl (C=O) groups is 5. The summed E-state index contributed by atoms with van der Waals surface area (Å²) >= 11 is 0. The summed E-state index contributed by atoms with van der Waals surface area (Å²) in [6.07, 6.45) is -0.277. The van der Waals surface area contributed by atoms with Crippen LogP contribution >= 0.6 is 0 Å². The lowest BCUT2D eigenvalue weighted by Gasteiger charge is -2.36. The fourth-order valence-corrected chi connectivity index (χ4v) is 6.26. The molecule has 0 radical (unpaired) electrons. The van der Waals surface area contributed by atoms with Gasteiger partial charge >= 0.3 is 12.1 Å². The van der Waals surface area contributed by atoms with Crippen molar-refractivity contribution in [2.75, 3.05) is 13.1 Å². The molecule has 0 bridgehead atoms. The number of imide groups is 1. The van der Waals surface area contributed by atoms with Gasteiger partial charge in [0.25, 0.3) is 11.8 Å². The van der Waals surface area contributed by atoms with Gasteiger partial charge in [-0.25, -0.2) is 9.59 Å². The van der Waals surface area contributed by atoms with Gasteiger partial charge in [-0.3, -0.25) is 24.2 Å². The number of aliphatic hydroxyl groups is 1. The van der Waals surface area contributed by atoms with Gasteiger partial charge in [-0.1, -0.05) is 88.4 Å². The van der Waals surface area contributed by atoms with Gasteiger partial charge in [0.1, 0.15) is 37.4 Å². The monoisotopic (exact) mass is 678 g/mol. The molecule has 0 spiro atoms. The average Bonchev–Trinajstić information content (AvgIpc) is 3.82. The summed E-state index contributed by atoms with van der Waals surface area (Å²) in [5.41, 5.74) is 1.56. The minimum Gasteiger partial charge on any atom is -0.459 e. The van der Waals surface area contributed by atoms with Crippen LogP contribution in [-0.2, 0) is 41.9 Å². The van der Waals surface area contributed by atoms with Crippen LogP contribution in [0.2, 0.25) is 0 Å². The molecule has 12 heteroatoms. The van der Waals surface area contributed by atoms with E-state index in [2.05, 4.69) is 10.6 Å². The number of carbonyl (C=O) groups excluding carboxylic acids is 5. The van der Waals surface area contributed by atoms with Crippen LogP contribution in [-0.4, -0.2) is 88.1 Å². The highest BCUT2D eigenvalue weighted by atomic mass is 16.6. The van der Waals surface area contributed by atoms with Gasteiger partial charge in [0.2, 0.25) is 5.91 Å². The SMILES string of the molecule is CC(C)C[C@H](C(=O)NC(C(=O)OCc1ccccc1)C(C)C)N(C(=O)C(O)C1CCCN1)C(=O)C1CCCN1C(=O)OCc1ccccc1. The second kappa shape index (κ2) is 17.9. The zero-order valence-electron chi connectivity index (χ0n) is 28.9. The van der Waals surface area contributed by atoms with E-state index in [1.807, 2.05) is 74.5 Å². The lowest BCUT2D eigenvalue weighted by atomic mass is 9.97. The summed E-state index contributed by atoms with van der Waals surface area (Å²) in [6.45, 7) is 8.04. The predicted molar refractivity (Wildman–Crippen MR) is 181 cm³/mol. The predicted octanol–water partition coefficient (Wildman–Crippen LogP) is 3.55. The van der Waals surface area contributed by atoms with Crippen molar-refractivity contribution in [3.63, 3.8) is 0 Å². The van der Waals surface area contributed by atoms with Crippen molar-refractivity contribution in [2.45, 2.75) is 103 Å². The van der Waals surface area contributed by atoms with Crippen LogP contribution in [0.15, 0.2) is 60.7 Å². The number of nitrogens with zero attached hydrogens (tertiary/aromatic N) is 2. The molecule has 49 heavy (non-hydrogen) atoms. The molecule has 0 aliphatic carbocycles. The quantitative estimate of drug-likeness (QED) is 0.255. The molecule has 4 amide bonds. The lowest BCUT2D eigenvalue weighted by molar-refractivity contribution is -0.161. The van der Waals surface area contributed by atoms with Gasteiger partial charge < -0.3 is 25.2 Å². The third-order valence-electron chi connectivity index (χ3n) is 8.94. The van der Waals surface area contributed by atoms with Crippen LogP contribution in [0.5, 0.6) is 0 Å². The average molecular weight is 679 g/mol. The zero-order chi connectivity index (χ0) is 35.5. The standard InChI is InChI=1S/C37H50N4O8/c1-24(2)21-30(33(43)39-31(25(3)4)36(46)48-22-26-13-7-5-8-14-26)41(35(45)32(42)28-17-11-19-38-28)34(44)29-18-12-20-40(29)37(47)49-23-27-15-9-6-10-16-27/h5-10,13-16,24-25,28-32,38,42H,11-12,17-23H2,1-4H3,(H,39,43)/t28?,29?,30-,31?,32?/m1/s1. The largest absolute Gasteiger partial charge is 0.459 e. The van der Waals surface area contributed by atoms with Crippen molar-refractivity contribution in [1.29, 1.82) is 0 Å². The second-order valence-corrected chi connectivity index (χ2v) is 13.6. The Hall–Kier alpha value is -4.29. The van der Waals surface area contributed by atoms with E-state index in [9.17, 15) is 29.1 Å². The molecular weight excluding hydrogens is 628 g/mol. The lowest BCUT2D eigenvalue weighted by Crippen LogP contribution is -2.62. The van der Waals surface area contributed by atoms with E-state index < -0.39 is 60.1 Å². The molecule has 2 fully saturated rings. The summed E-state index contributed by atoms with van der Waals surface area (Å²) in [5.74, 6) is -3.64. The van der Waals surface area contributed by atoms with Crippen molar-refractivity contribution in [3.8, 4) is 0 Å². The van der Waals surface area contributed by atoms with Gasteiger partial charge in [0.15, 0.2) is 0 Å². The maximum Gasteiger partial charge on any atom is 0.410 e. The van der Waals surface area contributed by atoms with Gasteiger partial charge in [0, 0.05) is 12.6 Å². The Morgan fingerprint density at radius 1 is 0.898 bits per heavy atom. The Labute approximate surface area is 288 Å². The molecule has 2 aromatic carbocycles. The number of likely N-dealkylation sites (tertiary alicyclic amines) is 1. The highest BCUT2D eigenvalue weighted by molar-refractivity contribution is 6.05. The number of aliphatic hydroxyl groups excluding tert-OH is 1. The molecule has 2 aromatic rings. The number of hydrogen-bond donors (Lipinski definition) is 3. The van der Waals surface area contributed by atoms with Crippen molar-refractivity contribution in [1.82, 2.24) is 20.4 Å². The fraction of sp³-hybridized carbons (Fsp3) is 0.541. The topological polar surface area (TPSA) is 155 Å². The van der Waals surface area contributed by atoms with Gasteiger partial charge in [0.05, 0.1) is 0 Å². The first-order valence-electron chi connectivity index (χ1n) is 17.2. The number of amides is 4. The Kier molecular flexibility index (Phi) is 13.7. The van der Waals surface area contributed by atoms with Crippen molar-refractivity contribution < 1.29 is 38.6 Å². The first-order chi connectivity index (χ1) is 23.5. The van der Waals surface area contributed by atoms with Crippen LogP contribution in [0.25, 0.3) is 0 Å². The van der Waals surface area contributed by atoms with E-state index in [1.165, 1.54) is 4.90 Å². The van der Waals surface area contributed by atoms with Gasteiger partial charge in [-0.2, -0.15) is 0 Å². The van der Waals surface area contributed by atoms with Crippen LogP contribution in [0.4, 0.5) is 4.79 Å². The molecular formula is C37H50N4O8. The van der Waals surface area contributed by atoms with E-state index in [4.69, 9.17) is 9.47 Å². The van der Waals surface area contributed by atoms with E-state index in [0.29, 0.717) is 19.4 Å². The Morgan fingerprint density at radius 3 is 2.06 bits per heavy atom. The Balaban J connectivity index is 1.60. The number of nitrogens with one attached hydrogen (secondary N) is 2. The number of esters is 1. The first kappa shape index (κ1) is 37.5. The van der Waals surface area contributed by atoms with E-state index in [1.54, 1.807) is 13.8 Å². The van der Waals surface area contributed by atoms with Gasteiger partial charge in [-0.15, -0.1) is 0 Å². The summed E-state index contributed by atoms with van der Waals surface area (Å²) in [6, 6.07) is 14.1. The number of hydrogen-bond acceptors (Lipinski definition) is 9. The first-order valence-corrected chi connectivity index (χ1v) is 17.2. The molecule has 3 N–H and O–H groups in total. The van der Waals surface area contributed by atoms with E-state index in [-0.39, 0.29) is 44.4 Å². The maximum absolute atomic E-state index is 14.5. The third kappa shape index (κ3) is 10.1. The molecule has 12 nitrogen and oxygen atoms in total. The number of rotatable bonds is 14. The smallest absolute Gasteiger partial charge is 0.410 e. The molecule has 2 heterocycles. The molecule has 4 unspecified atom stereocenters. The maximum atomic E-state index is 14.5. The Morgan fingerprint density at radius 2 is 1.51 bits per heavy atom. The minimum absolute atomic E-state index is 0.00113. The van der Waals surface area contributed by atoms with Crippen LogP contribution in [0.1, 0.15) is 70.9 Å². The van der Waals surface area contributed by atoms with Crippen LogP contribution < -0.4 is 10.6 Å².